The van der Waals surface area contributed by atoms with Crippen LogP contribution in [0.3, 0.4) is 0 Å². The minimum absolute atomic E-state index is 0.0688. The fraction of sp³-hybridized carbons (Fsp3) is 0.368. The lowest BCUT2D eigenvalue weighted by molar-refractivity contribution is 0.0696. The van der Waals surface area contributed by atoms with Crippen molar-refractivity contribution in [2.45, 2.75) is 25.3 Å². The molecule has 1 amide bonds. The van der Waals surface area contributed by atoms with E-state index in [0.717, 1.165) is 42.7 Å². The second kappa shape index (κ2) is 6.61. The average molecular weight is 324 g/mol. The molecule has 4 rings (SSSR count). The van der Waals surface area contributed by atoms with Crippen molar-refractivity contribution in [3.05, 3.63) is 47.8 Å². The van der Waals surface area contributed by atoms with Crippen LogP contribution in [0.25, 0.3) is 11.1 Å². The monoisotopic (exact) mass is 324 g/mol. The number of ether oxygens (including phenoxy) is 2. The van der Waals surface area contributed by atoms with Crippen molar-refractivity contribution in [3.63, 3.8) is 0 Å². The molecular formula is C19H20N2O3. The van der Waals surface area contributed by atoms with Gasteiger partial charge in [0.25, 0.3) is 5.91 Å². The van der Waals surface area contributed by atoms with E-state index >= 15 is 0 Å². The molecule has 1 saturated heterocycles. The fourth-order valence-corrected chi connectivity index (χ4v) is 3.20. The van der Waals surface area contributed by atoms with Gasteiger partial charge in [0.1, 0.15) is 5.75 Å². The van der Waals surface area contributed by atoms with E-state index in [0.29, 0.717) is 18.8 Å². The maximum absolute atomic E-state index is 12.5. The van der Waals surface area contributed by atoms with E-state index < -0.39 is 0 Å². The number of carbonyl (C=O) groups is 1. The van der Waals surface area contributed by atoms with E-state index in [1.54, 1.807) is 12.4 Å². The molecule has 2 aliphatic rings. The van der Waals surface area contributed by atoms with Gasteiger partial charge in [-0.3, -0.25) is 9.78 Å². The Bertz CT molecular complexity index is 754. The molecule has 0 atom stereocenters. The van der Waals surface area contributed by atoms with Crippen LogP contribution in [-0.4, -0.2) is 36.8 Å². The Morgan fingerprint density at radius 3 is 2.83 bits per heavy atom. The highest BCUT2D eigenvalue weighted by Crippen LogP contribution is 2.30. The first-order valence-corrected chi connectivity index (χ1v) is 8.39. The van der Waals surface area contributed by atoms with E-state index in [1.807, 2.05) is 18.2 Å². The van der Waals surface area contributed by atoms with Gasteiger partial charge in [-0.15, -0.1) is 0 Å². The molecule has 0 saturated carbocycles. The lowest BCUT2D eigenvalue weighted by Crippen LogP contribution is -2.38. The number of nitrogens with zero attached hydrogens (tertiary/aromatic N) is 1. The van der Waals surface area contributed by atoms with Crippen molar-refractivity contribution < 1.29 is 14.3 Å². The highest BCUT2D eigenvalue weighted by molar-refractivity contribution is 5.95. The van der Waals surface area contributed by atoms with Gasteiger partial charge < -0.3 is 14.8 Å². The van der Waals surface area contributed by atoms with Gasteiger partial charge in [0, 0.05) is 43.6 Å². The Labute approximate surface area is 141 Å². The first-order valence-electron chi connectivity index (χ1n) is 8.39. The zero-order chi connectivity index (χ0) is 16.4. The molecular weight excluding hydrogens is 304 g/mol. The second-order valence-electron chi connectivity index (χ2n) is 6.24. The summed E-state index contributed by atoms with van der Waals surface area (Å²) in [6.07, 6.45) is 6.07. The smallest absolute Gasteiger partial charge is 0.253 e. The van der Waals surface area contributed by atoms with Crippen LogP contribution in [0.15, 0.2) is 36.7 Å². The van der Waals surface area contributed by atoms with Crippen molar-refractivity contribution in [2.24, 2.45) is 0 Å². The average Bonchev–Trinajstić information content (AvgIpc) is 3.10. The van der Waals surface area contributed by atoms with Crippen LogP contribution in [-0.2, 0) is 11.2 Å². The molecule has 1 aromatic heterocycles. The lowest BCUT2D eigenvalue weighted by Gasteiger charge is -2.23. The summed E-state index contributed by atoms with van der Waals surface area (Å²) in [5, 5.41) is 3.08. The molecule has 5 nitrogen and oxygen atoms in total. The number of hydrogen-bond acceptors (Lipinski definition) is 4. The molecule has 0 spiro atoms. The van der Waals surface area contributed by atoms with Crippen molar-refractivity contribution in [1.82, 2.24) is 10.3 Å². The van der Waals surface area contributed by atoms with Gasteiger partial charge >= 0.3 is 0 Å². The Kier molecular flexibility index (Phi) is 4.17. The molecule has 1 fully saturated rings. The topological polar surface area (TPSA) is 60.5 Å². The predicted octanol–water partition coefficient (Wildman–Crippen LogP) is 2.59. The predicted molar refractivity (Wildman–Crippen MR) is 90.2 cm³/mol. The fourth-order valence-electron chi connectivity index (χ4n) is 3.20. The maximum Gasteiger partial charge on any atom is 0.253 e. The highest BCUT2D eigenvalue weighted by Gasteiger charge is 2.18. The highest BCUT2D eigenvalue weighted by atomic mass is 16.5. The molecule has 0 aliphatic carbocycles. The van der Waals surface area contributed by atoms with Crippen LogP contribution in [0.5, 0.6) is 5.75 Å². The van der Waals surface area contributed by atoms with Crippen molar-refractivity contribution in [2.75, 3.05) is 19.8 Å². The molecule has 124 valence electrons. The van der Waals surface area contributed by atoms with Crippen LogP contribution in [0.2, 0.25) is 0 Å². The number of hydrogen-bond donors (Lipinski definition) is 1. The largest absolute Gasteiger partial charge is 0.493 e. The molecule has 0 radical (unpaired) electrons. The zero-order valence-electron chi connectivity index (χ0n) is 13.5. The summed E-state index contributed by atoms with van der Waals surface area (Å²) in [4.78, 5) is 16.7. The van der Waals surface area contributed by atoms with Gasteiger partial charge in [-0.2, -0.15) is 0 Å². The summed E-state index contributed by atoms with van der Waals surface area (Å²) in [5.74, 6) is 0.890. The first kappa shape index (κ1) is 15.1. The lowest BCUT2D eigenvalue weighted by atomic mass is 10.0. The van der Waals surface area contributed by atoms with Gasteiger partial charge in [-0.05, 0) is 42.2 Å². The number of amides is 1. The van der Waals surface area contributed by atoms with Crippen LogP contribution in [0.4, 0.5) is 0 Å². The summed E-state index contributed by atoms with van der Waals surface area (Å²) in [5.41, 5.74) is 3.82. The molecule has 3 heterocycles. The van der Waals surface area contributed by atoms with E-state index in [2.05, 4.69) is 16.4 Å². The summed E-state index contributed by atoms with van der Waals surface area (Å²) in [6.45, 7) is 2.16. The molecule has 24 heavy (non-hydrogen) atoms. The van der Waals surface area contributed by atoms with E-state index in [4.69, 9.17) is 9.47 Å². The number of aromatic nitrogens is 1. The zero-order valence-corrected chi connectivity index (χ0v) is 13.5. The second-order valence-corrected chi connectivity index (χ2v) is 6.24. The molecule has 1 aromatic carbocycles. The SMILES string of the molecule is O=C(NC1CCOCC1)c1cncc(-c2ccc3c(c2)CCO3)c1. The number of nitrogens with one attached hydrogen (secondary N) is 1. The molecule has 2 aromatic rings. The molecule has 0 unspecified atom stereocenters. The van der Waals surface area contributed by atoms with Crippen LogP contribution in [0, 0.1) is 0 Å². The third kappa shape index (κ3) is 3.12. The number of rotatable bonds is 3. The minimum atomic E-state index is -0.0688. The summed E-state index contributed by atoms with van der Waals surface area (Å²) in [6, 6.07) is 8.22. The van der Waals surface area contributed by atoms with Gasteiger partial charge in [0.15, 0.2) is 0 Å². The van der Waals surface area contributed by atoms with Crippen molar-refractivity contribution in [1.29, 1.82) is 0 Å². The molecule has 5 heteroatoms. The Balaban J connectivity index is 1.53. The summed E-state index contributed by atoms with van der Waals surface area (Å²) < 4.78 is 10.9. The Hall–Kier alpha value is -2.40. The number of pyridine rings is 1. The van der Waals surface area contributed by atoms with Crippen LogP contribution in [0.1, 0.15) is 28.8 Å². The van der Waals surface area contributed by atoms with Gasteiger partial charge in [-0.1, -0.05) is 6.07 Å². The number of fused-ring (bicyclic) bond motifs is 1. The maximum atomic E-state index is 12.5. The van der Waals surface area contributed by atoms with Gasteiger partial charge in [-0.25, -0.2) is 0 Å². The first-order chi connectivity index (χ1) is 11.8. The van der Waals surface area contributed by atoms with Gasteiger partial charge in [0.05, 0.1) is 12.2 Å². The Morgan fingerprint density at radius 2 is 1.96 bits per heavy atom. The number of benzene rings is 1. The van der Waals surface area contributed by atoms with Crippen molar-refractivity contribution >= 4 is 5.91 Å². The van der Waals surface area contributed by atoms with Crippen LogP contribution < -0.4 is 10.1 Å². The molecule has 2 aliphatic heterocycles. The van der Waals surface area contributed by atoms with Gasteiger partial charge in [0.2, 0.25) is 0 Å². The van der Waals surface area contributed by atoms with E-state index in [9.17, 15) is 4.79 Å². The quantitative estimate of drug-likeness (QED) is 0.943. The standard InChI is InChI=1S/C19H20N2O3/c22-19(21-17-4-6-23-7-5-17)16-10-15(11-20-12-16)13-1-2-18-14(9-13)3-8-24-18/h1-2,9-12,17H,3-8H2,(H,21,22). The molecule has 1 N–H and O–H groups in total. The minimum Gasteiger partial charge on any atom is -0.493 e. The van der Waals surface area contributed by atoms with E-state index in [1.165, 1.54) is 5.56 Å². The third-order valence-electron chi connectivity index (χ3n) is 4.58. The normalized spacial score (nSPS) is 17.2. The third-order valence-corrected chi connectivity index (χ3v) is 4.58. The summed E-state index contributed by atoms with van der Waals surface area (Å²) in [7, 11) is 0. The van der Waals surface area contributed by atoms with Crippen molar-refractivity contribution in [3.8, 4) is 16.9 Å². The summed E-state index contributed by atoms with van der Waals surface area (Å²) >= 11 is 0. The van der Waals surface area contributed by atoms with E-state index in [-0.39, 0.29) is 11.9 Å². The molecule has 0 bridgehead atoms. The number of carbonyl (C=O) groups excluding carboxylic acids is 1. The Morgan fingerprint density at radius 1 is 1.08 bits per heavy atom. The van der Waals surface area contributed by atoms with Crippen LogP contribution >= 0.6 is 0 Å².